The van der Waals surface area contributed by atoms with Gasteiger partial charge in [-0.25, -0.2) is 9.67 Å². The van der Waals surface area contributed by atoms with Gasteiger partial charge in [0.1, 0.15) is 5.75 Å². The summed E-state index contributed by atoms with van der Waals surface area (Å²) in [6, 6.07) is 12.0. The van der Waals surface area contributed by atoms with Crippen LogP contribution in [0.4, 0.5) is 11.6 Å². The Bertz CT molecular complexity index is 1140. The first-order valence-corrected chi connectivity index (χ1v) is 9.36. The minimum atomic E-state index is 0.741. The van der Waals surface area contributed by atoms with Crippen LogP contribution in [0.2, 0.25) is 0 Å². The third-order valence-corrected chi connectivity index (χ3v) is 5.02. The van der Waals surface area contributed by atoms with Crippen LogP contribution in [-0.4, -0.2) is 26.4 Å². The number of methoxy groups -OCH3 is 1. The summed E-state index contributed by atoms with van der Waals surface area (Å²) in [5, 5.41) is 7.98. The highest BCUT2D eigenvalue weighted by Gasteiger charge is 2.16. The van der Waals surface area contributed by atoms with Gasteiger partial charge in [-0.15, -0.1) is 0 Å². The van der Waals surface area contributed by atoms with Crippen molar-refractivity contribution in [3.8, 4) is 11.4 Å². The highest BCUT2D eigenvalue weighted by atomic mass is 79.9. The van der Waals surface area contributed by atoms with Crippen LogP contribution in [0.3, 0.4) is 0 Å². The van der Waals surface area contributed by atoms with Gasteiger partial charge >= 0.3 is 0 Å². The number of halogens is 1. The number of imidazole rings is 1. The Morgan fingerprint density at radius 3 is 2.67 bits per heavy atom. The van der Waals surface area contributed by atoms with E-state index >= 15 is 0 Å². The van der Waals surface area contributed by atoms with Crippen LogP contribution in [0.15, 0.2) is 47.1 Å². The van der Waals surface area contributed by atoms with Crippen molar-refractivity contribution >= 4 is 38.6 Å². The molecule has 6 nitrogen and oxygen atoms in total. The molecule has 0 atom stereocenters. The summed E-state index contributed by atoms with van der Waals surface area (Å²) in [5.41, 5.74) is 5.84. The maximum absolute atomic E-state index is 5.55. The molecule has 0 aliphatic heterocycles. The zero-order chi connectivity index (χ0) is 19.1. The molecule has 138 valence electrons. The van der Waals surface area contributed by atoms with E-state index in [0.717, 1.165) is 49.8 Å². The molecule has 4 rings (SSSR count). The van der Waals surface area contributed by atoms with Crippen LogP contribution in [0.25, 0.3) is 16.7 Å². The SMILES string of the molecule is COc1cc(Br)cc(C)c1Nc1nc2cccc(-n3ccc(C)n3)c2n1C. The van der Waals surface area contributed by atoms with Gasteiger partial charge in [-0.1, -0.05) is 22.0 Å². The first-order chi connectivity index (χ1) is 13.0. The number of benzene rings is 2. The van der Waals surface area contributed by atoms with Crippen molar-refractivity contribution < 1.29 is 4.74 Å². The molecule has 0 radical (unpaired) electrons. The number of rotatable bonds is 4. The molecule has 0 spiro atoms. The molecular weight excluding hydrogens is 406 g/mol. The first kappa shape index (κ1) is 17.6. The minimum Gasteiger partial charge on any atom is -0.495 e. The second-order valence-electron chi connectivity index (χ2n) is 6.47. The third-order valence-electron chi connectivity index (χ3n) is 4.56. The molecule has 0 saturated heterocycles. The van der Waals surface area contributed by atoms with Gasteiger partial charge in [0.25, 0.3) is 0 Å². The largest absolute Gasteiger partial charge is 0.495 e. The molecule has 0 unspecified atom stereocenters. The summed E-state index contributed by atoms with van der Waals surface area (Å²) >= 11 is 3.52. The average Bonchev–Trinajstić information content (AvgIpc) is 3.21. The zero-order valence-electron chi connectivity index (χ0n) is 15.6. The number of aryl methyl sites for hydroxylation is 3. The van der Waals surface area contributed by atoms with Crippen molar-refractivity contribution in [2.45, 2.75) is 13.8 Å². The van der Waals surface area contributed by atoms with Gasteiger partial charge in [-0.2, -0.15) is 5.10 Å². The van der Waals surface area contributed by atoms with Crippen molar-refractivity contribution in [1.82, 2.24) is 19.3 Å². The number of nitrogens with one attached hydrogen (secondary N) is 1. The molecule has 0 bridgehead atoms. The predicted octanol–water partition coefficient (Wildman–Crippen LogP) is 4.89. The van der Waals surface area contributed by atoms with Crippen molar-refractivity contribution in [3.05, 3.63) is 58.3 Å². The van der Waals surface area contributed by atoms with Crippen LogP contribution < -0.4 is 10.1 Å². The molecule has 2 aromatic carbocycles. The minimum absolute atomic E-state index is 0.741. The summed E-state index contributed by atoms with van der Waals surface area (Å²) in [4.78, 5) is 4.78. The lowest BCUT2D eigenvalue weighted by Crippen LogP contribution is -2.04. The van der Waals surface area contributed by atoms with Crippen molar-refractivity contribution in [2.75, 3.05) is 12.4 Å². The smallest absolute Gasteiger partial charge is 0.208 e. The van der Waals surface area contributed by atoms with E-state index in [1.165, 1.54) is 0 Å². The number of nitrogens with zero attached hydrogens (tertiary/aromatic N) is 4. The highest BCUT2D eigenvalue weighted by molar-refractivity contribution is 9.10. The van der Waals surface area contributed by atoms with Gasteiger partial charge in [-0.3, -0.25) is 0 Å². The van der Waals surface area contributed by atoms with Crippen molar-refractivity contribution in [1.29, 1.82) is 0 Å². The van der Waals surface area contributed by atoms with Gasteiger partial charge in [0.2, 0.25) is 5.95 Å². The fraction of sp³-hybridized carbons (Fsp3) is 0.200. The Hall–Kier alpha value is -2.80. The first-order valence-electron chi connectivity index (χ1n) is 8.57. The topological polar surface area (TPSA) is 56.9 Å². The molecule has 2 aromatic heterocycles. The summed E-state index contributed by atoms with van der Waals surface area (Å²) in [7, 11) is 3.66. The van der Waals surface area contributed by atoms with E-state index in [4.69, 9.17) is 9.72 Å². The van der Waals surface area contributed by atoms with E-state index in [1.807, 2.05) is 72.7 Å². The summed E-state index contributed by atoms with van der Waals surface area (Å²) in [6.07, 6.45) is 1.96. The Kier molecular flexibility index (Phi) is 4.39. The normalized spacial score (nSPS) is 11.1. The van der Waals surface area contributed by atoms with E-state index in [-0.39, 0.29) is 0 Å². The van der Waals surface area contributed by atoms with E-state index < -0.39 is 0 Å². The third kappa shape index (κ3) is 3.08. The lowest BCUT2D eigenvalue weighted by molar-refractivity contribution is 0.416. The molecular formula is C20H20BrN5O. The van der Waals surface area contributed by atoms with E-state index in [0.29, 0.717) is 0 Å². The average molecular weight is 426 g/mol. The number of aromatic nitrogens is 4. The van der Waals surface area contributed by atoms with Gasteiger partial charge in [0, 0.05) is 17.7 Å². The molecule has 4 aromatic rings. The fourth-order valence-electron chi connectivity index (χ4n) is 3.24. The molecule has 0 fully saturated rings. The lowest BCUT2D eigenvalue weighted by Gasteiger charge is -2.14. The quantitative estimate of drug-likeness (QED) is 0.505. The molecule has 0 aliphatic rings. The Morgan fingerprint density at radius 1 is 1.15 bits per heavy atom. The van der Waals surface area contributed by atoms with Crippen LogP contribution in [0.1, 0.15) is 11.3 Å². The maximum Gasteiger partial charge on any atom is 0.208 e. The zero-order valence-corrected chi connectivity index (χ0v) is 17.2. The summed E-state index contributed by atoms with van der Waals surface area (Å²) < 4.78 is 10.4. The van der Waals surface area contributed by atoms with E-state index in [9.17, 15) is 0 Å². The summed E-state index contributed by atoms with van der Waals surface area (Å²) in [5.74, 6) is 1.50. The molecule has 7 heteroatoms. The van der Waals surface area contributed by atoms with Crippen molar-refractivity contribution in [2.24, 2.45) is 7.05 Å². The number of hydrogen-bond donors (Lipinski definition) is 1. The molecule has 27 heavy (non-hydrogen) atoms. The summed E-state index contributed by atoms with van der Waals surface area (Å²) in [6.45, 7) is 4.02. The molecule has 0 amide bonds. The van der Waals surface area contributed by atoms with Gasteiger partial charge in [0.15, 0.2) is 0 Å². The van der Waals surface area contributed by atoms with Gasteiger partial charge in [0.05, 0.1) is 35.2 Å². The van der Waals surface area contributed by atoms with E-state index in [2.05, 4.69) is 26.3 Å². The lowest BCUT2D eigenvalue weighted by atomic mass is 10.2. The molecule has 0 aliphatic carbocycles. The standard InChI is InChI=1S/C20H20BrN5O/c1-12-10-14(21)11-17(27-4)18(12)23-20-22-15-6-5-7-16(19(15)25(20)3)26-9-8-13(2)24-26/h5-11H,1-4H3,(H,22,23). The second kappa shape index (κ2) is 6.74. The Balaban J connectivity index is 1.84. The monoisotopic (exact) mass is 425 g/mol. The Morgan fingerprint density at radius 2 is 1.96 bits per heavy atom. The molecule has 2 heterocycles. The predicted molar refractivity (Wildman–Crippen MR) is 111 cm³/mol. The number of fused-ring (bicyclic) bond motifs is 1. The molecule has 0 saturated carbocycles. The maximum atomic E-state index is 5.55. The number of anilines is 2. The second-order valence-corrected chi connectivity index (χ2v) is 7.38. The van der Waals surface area contributed by atoms with Crippen LogP contribution >= 0.6 is 15.9 Å². The highest BCUT2D eigenvalue weighted by Crippen LogP contribution is 2.35. The van der Waals surface area contributed by atoms with Crippen LogP contribution in [-0.2, 0) is 7.05 Å². The van der Waals surface area contributed by atoms with Crippen LogP contribution in [0, 0.1) is 13.8 Å². The van der Waals surface area contributed by atoms with E-state index in [1.54, 1.807) is 7.11 Å². The fourth-order valence-corrected chi connectivity index (χ4v) is 3.79. The number of hydrogen-bond acceptors (Lipinski definition) is 4. The molecule has 1 N–H and O–H groups in total. The van der Waals surface area contributed by atoms with Crippen molar-refractivity contribution in [3.63, 3.8) is 0 Å². The number of para-hydroxylation sites is 1. The van der Waals surface area contributed by atoms with Gasteiger partial charge < -0.3 is 14.6 Å². The number of ether oxygens (including phenoxy) is 1. The van der Waals surface area contributed by atoms with Gasteiger partial charge in [-0.05, 0) is 49.7 Å². The van der Waals surface area contributed by atoms with Crippen LogP contribution in [0.5, 0.6) is 5.75 Å². The Labute approximate surface area is 165 Å².